The molecule has 0 saturated carbocycles. The average Bonchev–Trinajstić information content (AvgIpc) is 3.09. The highest BCUT2D eigenvalue weighted by Crippen LogP contribution is 2.35. The minimum Gasteiger partial charge on any atom is -0.482 e. The number of fused-ring (bicyclic) bond motifs is 1. The van der Waals surface area contributed by atoms with Crippen LogP contribution in [0.2, 0.25) is 0 Å². The molecule has 1 aliphatic heterocycles. The van der Waals surface area contributed by atoms with Crippen molar-refractivity contribution in [1.29, 1.82) is 0 Å². The number of carbonyl (C=O) groups excluding carboxylic acids is 2. The monoisotopic (exact) mass is 342 g/mol. The molecule has 25 heavy (non-hydrogen) atoms. The highest BCUT2D eigenvalue weighted by Gasteiger charge is 2.28. The van der Waals surface area contributed by atoms with Crippen LogP contribution in [0.25, 0.3) is 6.08 Å². The van der Waals surface area contributed by atoms with Gasteiger partial charge in [0, 0.05) is 12.1 Å². The first-order valence-corrected chi connectivity index (χ1v) is 7.89. The van der Waals surface area contributed by atoms with Crippen molar-refractivity contribution in [3.8, 4) is 11.5 Å². The van der Waals surface area contributed by atoms with Gasteiger partial charge in [-0.3, -0.25) is 4.79 Å². The molecule has 0 radical (unpaired) electrons. The third-order valence-electron chi connectivity index (χ3n) is 3.40. The minimum atomic E-state index is -0.457. The Morgan fingerprint density at radius 1 is 1.24 bits per heavy atom. The molecule has 1 aromatic carbocycles. The van der Waals surface area contributed by atoms with Crippen LogP contribution >= 0.6 is 0 Å². The number of Topliss-reactive ketones (excluding diaryl/α,β-unsaturated/α-hetero) is 1. The van der Waals surface area contributed by atoms with E-state index in [4.69, 9.17) is 18.6 Å². The molecule has 0 fully saturated rings. The number of esters is 1. The number of ketones is 1. The van der Waals surface area contributed by atoms with Gasteiger partial charge in [0.15, 0.2) is 12.4 Å². The maximum atomic E-state index is 12.4. The molecule has 0 bridgehead atoms. The van der Waals surface area contributed by atoms with Crippen molar-refractivity contribution in [1.82, 2.24) is 0 Å². The van der Waals surface area contributed by atoms with Crippen molar-refractivity contribution < 1.29 is 28.2 Å². The van der Waals surface area contributed by atoms with Gasteiger partial charge in [-0.05, 0) is 45.0 Å². The molecule has 0 amide bonds. The second-order valence-electron chi connectivity index (χ2n) is 5.87. The number of allylic oxidation sites excluding steroid dienone is 1. The van der Waals surface area contributed by atoms with Crippen LogP contribution in [0.3, 0.4) is 0 Å². The summed E-state index contributed by atoms with van der Waals surface area (Å²) in [6.07, 6.45) is 1.35. The van der Waals surface area contributed by atoms with Gasteiger partial charge >= 0.3 is 5.97 Å². The van der Waals surface area contributed by atoms with Crippen LogP contribution in [0.15, 0.2) is 40.5 Å². The molecule has 0 unspecified atom stereocenters. The van der Waals surface area contributed by atoms with Gasteiger partial charge in [0.05, 0.1) is 11.7 Å². The van der Waals surface area contributed by atoms with Gasteiger partial charge in [-0.15, -0.1) is 0 Å². The number of carbonyl (C=O) groups is 2. The van der Waals surface area contributed by atoms with E-state index in [1.165, 1.54) is 0 Å². The number of rotatable bonds is 5. The molecule has 6 heteroatoms. The van der Waals surface area contributed by atoms with Crippen LogP contribution in [0.5, 0.6) is 11.5 Å². The van der Waals surface area contributed by atoms with Crippen molar-refractivity contribution in [2.45, 2.75) is 26.9 Å². The Morgan fingerprint density at radius 3 is 2.72 bits per heavy atom. The van der Waals surface area contributed by atoms with Crippen LogP contribution < -0.4 is 9.47 Å². The summed E-state index contributed by atoms with van der Waals surface area (Å²) in [4.78, 5) is 23.9. The second kappa shape index (κ2) is 6.84. The van der Waals surface area contributed by atoms with Gasteiger partial charge in [-0.1, -0.05) is 0 Å². The van der Waals surface area contributed by atoms with E-state index < -0.39 is 5.97 Å². The van der Waals surface area contributed by atoms with E-state index in [2.05, 4.69) is 0 Å². The molecule has 3 rings (SSSR count). The summed E-state index contributed by atoms with van der Waals surface area (Å²) in [6.45, 7) is 5.14. The van der Waals surface area contributed by atoms with Crippen molar-refractivity contribution in [3.63, 3.8) is 0 Å². The zero-order valence-corrected chi connectivity index (χ0v) is 14.2. The second-order valence-corrected chi connectivity index (χ2v) is 5.87. The Kier molecular flexibility index (Phi) is 4.61. The van der Waals surface area contributed by atoms with Crippen LogP contribution in [-0.4, -0.2) is 24.5 Å². The molecular weight excluding hydrogens is 324 g/mol. The Morgan fingerprint density at radius 2 is 2.04 bits per heavy atom. The lowest BCUT2D eigenvalue weighted by Crippen LogP contribution is -2.18. The first-order chi connectivity index (χ1) is 11.9. The van der Waals surface area contributed by atoms with Crippen LogP contribution in [0.4, 0.5) is 0 Å². The van der Waals surface area contributed by atoms with E-state index in [9.17, 15) is 9.59 Å². The van der Waals surface area contributed by atoms with Gasteiger partial charge in [-0.2, -0.15) is 0 Å². The summed E-state index contributed by atoms with van der Waals surface area (Å²) in [6, 6.07) is 8.36. The Bertz CT molecular complexity index is 843. The molecule has 6 nitrogen and oxygen atoms in total. The number of hydrogen-bond acceptors (Lipinski definition) is 6. The maximum Gasteiger partial charge on any atom is 0.344 e. The largest absolute Gasteiger partial charge is 0.482 e. The summed E-state index contributed by atoms with van der Waals surface area (Å²) in [5.74, 6) is 1.59. The number of ether oxygens (including phenoxy) is 3. The minimum absolute atomic E-state index is 0.181. The Hall–Kier alpha value is -3.02. The molecule has 2 aromatic rings. The van der Waals surface area contributed by atoms with Crippen molar-refractivity contribution in [3.05, 3.63) is 53.2 Å². The summed E-state index contributed by atoms with van der Waals surface area (Å²) in [5.41, 5.74) is 0.437. The van der Waals surface area contributed by atoms with E-state index in [-0.39, 0.29) is 24.3 Å². The van der Waals surface area contributed by atoms with Gasteiger partial charge in [-0.25, -0.2) is 4.79 Å². The first kappa shape index (κ1) is 16.8. The van der Waals surface area contributed by atoms with E-state index in [1.807, 2.05) is 6.92 Å². The predicted octanol–water partition coefficient (Wildman–Crippen LogP) is 3.53. The number of furan rings is 1. The number of hydrogen-bond donors (Lipinski definition) is 0. The lowest BCUT2D eigenvalue weighted by atomic mass is 10.1. The van der Waals surface area contributed by atoms with Crippen LogP contribution in [-0.2, 0) is 9.53 Å². The molecular formula is C19H18O6. The van der Waals surface area contributed by atoms with Crippen LogP contribution in [0, 0.1) is 6.92 Å². The predicted molar refractivity (Wildman–Crippen MR) is 89.5 cm³/mol. The quantitative estimate of drug-likeness (QED) is 0.611. The zero-order valence-electron chi connectivity index (χ0n) is 14.2. The molecule has 2 heterocycles. The number of benzene rings is 1. The molecule has 1 aliphatic rings. The standard InChI is InChI=1S/C19H18O6/c1-11(2)23-18(20)10-22-13-6-7-15-16(8-13)25-17(19(15)21)9-14-5-4-12(3)24-14/h4-9,11H,10H2,1-3H3/b17-9+. The fourth-order valence-corrected chi connectivity index (χ4v) is 2.36. The highest BCUT2D eigenvalue weighted by molar-refractivity contribution is 6.14. The summed E-state index contributed by atoms with van der Waals surface area (Å²) in [7, 11) is 0. The average molecular weight is 342 g/mol. The maximum absolute atomic E-state index is 12.4. The molecule has 0 saturated heterocycles. The fourth-order valence-electron chi connectivity index (χ4n) is 2.36. The highest BCUT2D eigenvalue weighted by atomic mass is 16.6. The molecule has 1 aromatic heterocycles. The summed E-state index contributed by atoms with van der Waals surface area (Å²) in [5, 5.41) is 0. The molecule has 0 N–H and O–H groups in total. The topological polar surface area (TPSA) is 75.0 Å². The Balaban J connectivity index is 1.71. The third kappa shape index (κ3) is 3.91. The van der Waals surface area contributed by atoms with Crippen molar-refractivity contribution in [2.24, 2.45) is 0 Å². The SMILES string of the molecule is Cc1ccc(/C=C2/Oc3cc(OCC(=O)OC(C)C)ccc3C2=O)o1. The molecule has 0 aliphatic carbocycles. The lowest BCUT2D eigenvalue weighted by molar-refractivity contribution is -0.149. The van der Waals surface area contributed by atoms with Gasteiger partial charge in [0.2, 0.25) is 5.78 Å². The van der Waals surface area contributed by atoms with Crippen molar-refractivity contribution in [2.75, 3.05) is 6.61 Å². The number of aryl methyl sites for hydroxylation is 1. The van der Waals surface area contributed by atoms with Gasteiger partial charge < -0.3 is 18.6 Å². The van der Waals surface area contributed by atoms with E-state index in [1.54, 1.807) is 50.3 Å². The normalized spacial score (nSPS) is 14.6. The van der Waals surface area contributed by atoms with E-state index in [0.717, 1.165) is 5.76 Å². The molecule has 130 valence electrons. The summed E-state index contributed by atoms with van der Waals surface area (Å²) < 4.78 is 21.4. The van der Waals surface area contributed by atoms with Gasteiger partial charge in [0.25, 0.3) is 0 Å². The summed E-state index contributed by atoms with van der Waals surface area (Å²) >= 11 is 0. The smallest absolute Gasteiger partial charge is 0.344 e. The third-order valence-corrected chi connectivity index (χ3v) is 3.40. The zero-order chi connectivity index (χ0) is 18.0. The van der Waals surface area contributed by atoms with Crippen molar-refractivity contribution >= 4 is 17.8 Å². The van der Waals surface area contributed by atoms with Gasteiger partial charge in [0.1, 0.15) is 23.0 Å². The molecule has 0 spiro atoms. The van der Waals surface area contributed by atoms with E-state index >= 15 is 0 Å². The first-order valence-electron chi connectivity index (χ1n) is 7.89. The fraction of sp³-hybridized carbons (Fsp3) is 0.263. The Labute approximate surface area is 145 Å². The van der Waals surface area contributed by atoms with E-state index in [0.29, 0.717) is 22.8 Å². The lowest BCUT2D eigenvalue weighted by Gasteiger charge is -2.09. The molecule has 0 atom stereocenters. The van der Waals surface area contributed by atoms with Crippen LogP contribution in [0.1, 0.15) is 35.7 Å².